The first-order valence-electron chi connectivity index (χ1n) is 7.31. The summed E-state index contributed by atoms with van der Waals surface area (Å²) in [6.45, 7) is 1.49. The fourth-order valence-electron chi connectivity index (χ4n) is 2.01. The monoisotopic (exact) mass is 299 g/mol. The van der Waals surface area contributed by atoms with E-state index in [2.05, 4.69) is 27.8 Å². The van der Waals surface area contributed by atoms with Crippen molar-refractivity contribution in [1.29, 1.82) is 0 Å². The highest BCUT2D eigenvalue weighted by Crippen LogP contribution is 2.11. The maximum absolute atomic E-state index is 11.7. The second-order valence-electron chi connectivity index (χ2n) is 4.89. The number of hydrogen-bond donors (Lipinski definition) is 2. The van der Waals surface area contributed by atoms with Crippen LogP contribution in [-0.2, 0) is 11.2 Å². The molecular formula is C17H21N3O2. The molecule has 0 atom stereocenters. The molecule has 1 aromatic heterocycles. The molecule has 0 spiro atoms. The molecule has 0 aliphatic carbocycles. The molecule has 5 nitrogen and oxygen atoms in total. The van der Waals surface area contributed by atoms with Crippen LogP contribution in [0.15, 0.2) is 48.8 Å². The summed E-state index contributed by atoms with van der Waals surface area (Å²) in [7, 11) is 1.66. The van der Waals surface area contributed by atoms with Gasteiger partial charge in [-0.2, -0.15) is 0 Å². The Labute approximate surface area is 130 Å². The van der Waals surface area contributed by atoms with Crippen molar-refractivity contribution < 1.29 is 9.53 Å². The van der Waals surface area contributed by atoms with Gasteiger partial charge in [-0.25, -0.2) is 0 Å². The van der Waals surface area contributed by atoms with E-state index in [0.717, 1.165) is 24.4 Å². The standard InChI is InChI=1S/C17H21N3O2/c1-22-16-6-4-14(5-7-16)8-11-18-12-9-17(21)20-15-3-2-10-19-13-15/h2-7,10,13,18H,8-9,11-12H2,1H3,(H,20,21). The van der Waals surface area contributed by atoms with Gasteiger partial charge in [-0.05, 0) is 42.8 Å². The average Bonchev–Trinajstić information content (AvgIpc) is 2.56. The lowest BCUT2D eigenvalue weighted by Gasteiger charge is -2.07. The number of carbonyl (C=O) groups excluding carboxylic acids is 1. The molecule has 1 aromatic carbocycles. The quantitative estimate of drug-likeness (QED) is 0.734. The Morgan fingerprint density at radius 3 is 2.68 bits per heavy atom. The highest BCUT2D eigenvalue weighted by molar-refractivity contribution is 5.90. The van der Waals surface area contributed by atoms with E-state index in [1.807, 2.05) is 18.2 Å². The van der Waals surface area contributed by atoms with Gasteiger partial charge >= 0.3 is 0 Å². The fraction of sp³-hybridized carbons (Fsp3) is 0.294. The molecule has 1 heterocycles. The predicted octanol–water partition coefficient (Wildman–Crippen LogP) is 2.25. The summed E-state index contributed by atoms with van der Waals surface area (Å²) in [5, 5.41) is 6.08. The maximum Gasteiger partial charge on any atom is 0.225 e. The van der Waals surface area contributed by atoms with Gasteiger partial charge in [0.1, 0.15) is 5.75 Å². The topological polar surface area (TPSA) is 63.2 Å². The molecule has 0 fully saturated rings. The molecule has 116 valence electrons. The lowest BCUT2D eigenvalue weighted by Crippen LogP contribution is -2.23. The summed E-state index contributed by atoms with van der Waals surface area (Å²) in [4.78, 5) is 15.7. The number of nitrogens with one attached hydrogen (secondary N) is 2. The Hall–Kier alpha value is -2.40. The third-order valence-corrected chi connectivity index (χ3v) is 3.22. The van der Waals surface area contributed by atoms with Gasteiger partial charge in [0.25, 0.3) is 0 Å². The number of methoxy groups -OCH3 is 1. The molecule has 2 N–H and O–H groups in total. The van der Waals surface area contributed by atoms with Gasteiger partial charge in [0.2, 0.25) is 5.91 Å². The lowest BCUT2D eigenvalue weighted by atomic mass is 10.1. The van der Waals surface area contributed by atoms with E-state index in [4.69, 9.17) is 4.74 Å². The summed E-state index contributed by atoms with van der Waals surface area (Å²) in [6, 6.07) is 11.6. The Bertz CT molecular complexity index is 570. The van der Waals surface area contributed by atoms with Gasteiger partial charge in [-0.3, -0.25) is 9.78 Å². The van der Waals surface area contributed by atoms with Gasteiger partial charge in [0, 0.05) is 19.2 Å². The Kier molecular flexibility index (Phi) is 6.39. The molecule has 2 aromatic rings. The molecule has 0 aliphatic rings. The highest BCUT2D eigenvalue weighted by atomic mass is 16.5. The van der Waals surface area contributed by atoms with Gasteiger partial charge in [-0.15, -0.1) is 0 Å². The summed E-state index contributed by atoms with van der Waals surface area (Å²) < 4.78 is 5.12. The minimum Gasteiger partial charge on any atom is -0.497 e. The van der Waals surface area contributed by atoms with Crippen molar-refractivity contribution >= 4 is 11.6 Å². The van der Waals surface area contributed by atoms with Gasteiger partial charge in [0.15, 0.2) is 0 Å². The summed E-state index contributed by atoms with van der Waals surface area (Å²) in [5.74, 6) is 0.855. The number of pyridine rings is 1. The zero-order valence-electron chi connectivity index (χ0n) is 12.7. The van der Waals surface area contributed by atoms with Crippen LogP contribution in [-0.4, -0.2) is 31.1 Å². The van der Waals surface area contributed by atoms with Crippen LogP contribution in [0.4, 0.5) is 5.69 Å². The van der Waals surface area contributed by atoms with Crippen LogP contribution in [0.2, 0.25) is 0 Å². The van der Waals surface area contributed by atoms with Crippen LogP contribution in [0.5, 0.6) is 5.75 Å². The molecule has 0 unspecified atom stereocenters. The van der Waals surface area contributed by atoms with Crippen LogP contribution in [0.1, 0.15) is 12.0 Å². The summed E-state index contributed by atoms with van der Waals surface area (Å²) in [5.41, 5.74) is 1.97. The van der Waals surface area contributed by atoms with Crippen molar-refractivity contribution in [2.24, 2.45) is 0 Å². The zero-order chi connectivity index (χ0) is 15.6. The molecule has 0 saturated carbocycles. The second-order valence-corrected chi connectivity index (χ2v) is 4.89. The minimum atomic E-state index is -0.00931. The van der Waals surface area contributed by atoms with Crippen LogP contribution in [0, 0.1) is 0 Å². The van der Waals surface area contributed by atoms with Crippen LogP contribution in [0.25, 0.3) is 0 Å². The molecular weight excluding hydrogens is 278 g/mol. The number of aromatic nitrogens is 1. The predicted molar refractivity (Wildman–Crippen MR) is 87.1 cm³/mol. The number of hydrogen-bond acceptors (Lipinski definition) is 4. The Morgan fingerprint density at radius 1 is 1.18 bits per heavy atom. The normalized spacial score (nSPS) is 10.2. The van der Waals surface area contributed by atoms with Crippen LogP contribution >= 0.6 is 0 Å². The second kappa shape index (κ2) is 8.79. The van der Waals surface area contributed by atoms with Crippen molar-refractivity contribution in [3.05, 3.63) is 54.4 Å². The fourth-order valence-corrected chi connectivity index (χ4v) is 2.01. The smallest absolute Gasteiger partial charge is 0.225 e. The van der Waals surface area contributed by atoms with Crippen molar-refractivity contribution in [2.75, 3.05) is 25.5 Å². The number of ether oxygens (including phenoxy) is 1. The summed E-state index contributed by atoms with van der Waals surface area (Å²) >= 11 is 0. The molecule has 0 saturated heterocycles. The Balaban J connectivity index is 1.59. The SMILES string of the molecule is COc1ccc(CCNCCC(=O)Nc2cccnc2)cc1. The lowest BCUT2D eigenvalue weighted by molar-refractivity contribution is -0.116. The number of benzene rings is 1. The number of nitrogens with zero attached hydrogens (tertiary/aromatic N) is 1. The number of amides is 1. The molecule has 22 heavy (non-hydrogen) atoms. The van der Waals surface area contributed by atoms with E-state index >= 15 is 0 Å². The first-order chi connectivity index (χ1) is 10.8. The zero-order valence-corrected chi connectivity index (χ0v) is 12.7. The van der Waals surface area contributed by atoms with Crippen molar-refractivity contribution in [3.8, 4) is 5.75 Å². The average molecular weight is 299 g/mol. The number of carbonyl (C=O) groups is 1. The molecule has 0 radical (unpaired) electrons. The molecule has 0 aliphatic heterocycles. The van der Waals surface area contributed by atoms with Crippen molar-refractivity contribution in [3.63, 3.8) is 0 Å². The first kappa shape index (κ1) is 16.0. The van der Waals surface area contributed by atoms with Gasteiger partial charge in [-0.1, -0.05) is 12.1 Å². The molecule has 2 rings (SSSR count). The van der Waals surface area contributed by atoms with Crippen LogP contribution in [0.3, 0.4) is 0 Å². The van der Waals surface area contributed by atoms with E-state index in [-0.39, 0.29) is 5.91 Å². The third-order valence-electron chi connectivity index (χ3n) is 3.22. The molecule has 1 amide bonds. The third kappa shape index (κ3) is 5.54. The molecule has 0 bridgehead atoms. The highest BCUT2D eigenvalue weighted by Gasteiger charge is 2.01. The van der Waals surface area contributed by atoms with E-state index < -0.39 is 0 Å². The first-order valence-corrected chi connectivity index (χ1v) is 7.31. The van der Waals surface area contributed by atoms with Crippen LogP contribution < -0.4 is 15.4 Å². The van der Waals surface area contributed by atoms with E-state index in [1.54, 1.807) is 25.6 Å². The summed E-state index contributed by atoms with van der Waals surface area (Å²) in [6.07, 6.45) is 4.68. The number of rotatable bonds is 8. The van der Waals surface area contributed by atoms with Crippen molar-refractivity contribution in [2.45, 2.75) is 12.8 Å². The largest absolute Gasteiger partial charge is 0.497 e. The van der Waals surface area contributed by atoms with Gasteiger partial charge < -0.3 is 15.4 Å². The van der Waals surface area contributed by atoms with E-state index in [0.29, 0.717) is 13.0 Å². The number of anilines is 1. The Morgan fingerprint density at radius 2 is 2.00 bits per heavy atom. The minimum absolute atomic E-state index is 0.00931. The van der Waals surface area contributed by atoms with Crippen molar-refractivity contribution in [1.82, 2.24) is 10.3 Å². The van der Waals surface area contributed by atoms with E-state index in [1.165, 1.54) is 5.56 Å². The van der Waals surface area contributed by atoms with Gasteiger partial charge in [0.05, 0.1) is 19.0 Å². The maximum atomic E-state index is 11.7. The van der Waals surface area contributed by atoms with E-state index in [9.17, 15) is 4.79 Å². The molecule has 5 heteroatoms.